The normalized spacial score (nSPS) is 10.9. The molecule has 27 heavy (non-hydrogen) atoms. The largest absolute Gasteiger partial charge is 0.508 e. The first kappa shape index (κ1) is 18.8. The van der Waals surface area contributed by atoms with Gasteiger partial charge >= 0.3 is 11.6 Å². The van der Waals surface area contributed by atoms with Gasteiger partial charge in [-0.25, -0.2) is 4.79 Å². The zero-order valence-corrected chi connectivity index (χ0v) is 15.7. The van der Waals surface area contributed by atoms with E-state index in [0.717, 1.165) is 4.88 Å². The number of hydrogen-bond donors (Lipinski definition) is 1. The minimum atomic E-state index is -0.592. The molecule has 2 heterocycles. The lowest BCUT2D eigenvalue weighted by Gasteiger charge is -2.09. The van der Waals surface area contributed by atoms with Gasteiger partial charge in [0.25, 0.3) is 0 Å². The number of Topliss-reactive ketones (excluding diaryl/α,β-unsaturated/α-hetero) is 1. The Morgan fingerprint density at radius 1 is 1.15 bits per heavy atom. The molecule has 3 rings (SSSR count). The van der Waals surface area contributed by atoms with Gasteiger partial charge in [0.1, 0.15) is 17.9 Å². The third-order valence-corrected chi connectivity index (χ3v) is 5.22. The van der Waals surface area contributed by atoms with Crippen LogP contribution in [0.15, 0.2) is 39.5 Å². The van der Waals surface area contributed by atoms with Crippen molar-refractivity contribution in [2.75, 3.05) is 0 Å². The number of carbonyl (C=O) groups excluding carboxylic acids is 2. The molecule has 0 saturated carbocycles. The molecule has 140 valence electrons. The molecule has 1 aromatic carbocycles. The molecule has 0 aliphatic rings. The molecule has 0 spiro atoms. The van der Waals surface area contributed by atoms with E-state index in [0.29, 0.717) is 21.4 Å². The zero-order valence-electron chi connectivity index (χ0n) is 14.9. The highest BCUT2D eigenvalue weighted by Crippen LogP contribution is 2.27. The highest BCUT2D eigenvalue weighted by molar-refractivity contribution is 7.14. The summed E-state index contributed by atoms with van der Waals surface area (Å²) in [6.07, 6.45) is 0.0401. The quantitative estimate of drug-likeness (QED) is 0.392. The molecule has 0 aliphatic heterocycles. The number of phenolic OH excluding ortho intramolecular Hbond substituents is 1. The first-order valence-corrected chi connectivity index (χ1v) is 9.17. The van der Waals surface area contributed by atoms with Crippen molar-refractivity contribution in [3.8, 4) is 5.75 Å². The number of ether oxygens (including phenoxy) is 1. The van der Waals surface area contributed by atoms with E-state index in [4.69, 9.17) is 9.15 Å². The van der Waals surface area contributed by atoms with Gasteiger partial charge in [0.05, 0.1) is 11.3 Å². The Morgan fingerprint density at radius 3 is 2.63 bits per heavy atom. The second-order valence-corrected chi connectivity index (χ2v) is 7.46. The number of thiophene rings is 1. The van der Waals surface area contributed by atoms with Gasteiger partial charge in [-0.3, -0.25) is 9.59 Å². The van der Waals surface area contributed by atoms with Gasteiger partial charge in [-0.15, -0.1) is 11.3 Å². The second kappa shape index (κ2) is 7.75. The summed E-state index contributed by atoms with van der Waals surface area (Å²) in [6.45, 7) is 3.43. The van der Waals surface area contributed by atoms with Crippen molar-refractivity contribution in [1.29, 1.82) is 0 Å². The van der Waals surface area contributed by atoms with Crippen molar-refractivity contribution in [3.63, 3.8) is 0 Å². The number of aryl methyl sites for hydroxylation is 2. The van der Waals surface area contributed by atoms with Crippen molar-refractivity contribution in [2.45, 2.75) is 33.3 Å². The molecule has 0 saturated heterocycles. The molecular formula is C20H18O6S. The van der Waals surface area contributed by atoms with Crippen molar-refractivity contribution in [2.24, 2.45) is 0 Å². The number of hydrogen-bond acceptors (Lipinski definition) is 7. The van der Waals surface area contributed by atoms with Gasteiger partial charge in [-0.2, -0.15) is 0 Å². The molecule has 0 bridgehead atoms. The maximum atomic E-state index is 12.1. The monoisotopic (exact) mass is 386 g/mol. The summed E-state index contributed by atoms with van der Waals surface area (Å²) in [5.41, 5.74) is 0.592. The number of phenols is 1. The number of rotatable bonds is 6. The molecule has 0 aliphatic carbocycles. The minimum absolute atomic E-state index is 0.0159. The van der Waals surface area contributed by atoms with Crippen LogP contribution in [-0.4, -0.2) is 16.9 Å². The van der Waals surface area contributed by atoms with E-state index >= 15 is 0 Å². The van der Waals surface area contributed by atoms with Crippen molar-refractivity contribution in [3.05, 3.63) is 61.6 Å². The molecule has 0 fully saturated rings. The molecule has 7 heteroatoms. The number of ketones is 1. The van der Waals surface area contributed by atoms with Crippen LogP contribution < -0.4 is 5.63 Å². The SMILES string of the molecule is Cc1ccc(C(=O)CCC(=O)OCc2cc(=O)oc3c(C)c(O)ccc23)s1. The summed E-state index contributed by atoms with van der Waals surface area (Å²) >= 11 is 1.40. The first-order chi connectivity index (χ1) is 12.8. The fourth-order valence-corrected chi connectivity index (χ4v) is 3.52. The number of fused-ring (bicyclic) bond motifs is 1. The predicted molar refractivity (Wildman–Crippen MR) is 101 cm³/mol. The highest BCUT2D eigenvalue weighted by atomic mass is 32.1. The van der Waals surface area contributed by atoms with Gasteiger partial charge in [0, 0.05) is 33.9 Å². The van der Waals surface area contributed by atoms with E-state index in [1.54, 1.807) is 19.1 Å². The van der Waals surface area contributed by atoms with Crippen molar-refractivity contribution in [1.82, 2.24) is 0 Å². The van der Waals surface area contributed by atoms with Crippen molar-refractivity contribution >= 4 is 34.1 Å². The average molecular weight is 386 g/mol. The molecule has 0 amide bonds. The standard InChI is InChI=1S/C20H18O6S/c1-11-3-7-17(27-11)16(22)6-8-18(23)25-10-13-9-19(24)26-20-12(2)15(21)5-4-14(13)20/h3-5,7,9,21H,6,8,10H2,1-2H3. The maximum Gasteiger partial charge on any atom is 0.336 e. The van der Waals surface area contributed by atoms with E-state index < -0.39 is 11.6 Å². The number of aromatic hydroxyl groups is 1. The second-order valence-electron chi connectivity index (χ2n) is 6.17. The van der Waals surface area contributed by atoms with Gasteiger partial charge in [0.2, 0.25) is 0 Å². The van der Waals surface area contributed by atoms with E-state index in [1.807, 2.05) is 13.0 Å². The van der Waals surface area contributed by atoms with Gasteiger partial charge in [-0.1, -0.05) is 0 Å². The molecule has 1 N–H and O–H groups in total. The van der Waals surface area contributed by atoms with E-state index in [9.17, 15) is 19.5 Å². The minimum Gasteiger partial charge on any atom is -0.508 e. The van der Waals surface area contributed by atoms with Gasteiger partial charge in [-0.05, 0) is 38.1 Å². The summed E-state index contributed by atoms with van der Waals surface area (Å²) in [7, 11) is 0. The van der Waals surface area contributed by atoms with E-state index in [2.05, 4.69) is 0 Å². The molecule has 3 aromatic rings. The Bertz CT molecular complexity index is 1080. The molecule has 0 radical (unpaired) electrons. The topological polar surface area (TPSA) is 93.8 Å². The number of esters is 1. The molecule has 0 atom stereocenters. The van der Waals surface area contributed by atoms with E-state index in [-0.39, 0.29) is 36.6 Å². The molecular weight excluding hydrogens is 368 g/mol. The average Bonchev–Trinajstić information content (AvgIpc) is 3.07. The summed E-state index contributed by atoms with van der Waals surface area (Å²) in [4.78, 5) is 37.5. The summed E-state index contributed by atoms with van der Waals surface area (Å²) in [6, 6.07) is 7.96. The molecule has 6 nitrogen and oxygen atoms in total. The molecule has 2 aromatic heterocycles. The van der Waals surface area contributed by atoms with Crippen LogP contribution in [0.5, 0.6) is 5.75 Å². The fourth-order valence-electron chi connectivity index (χ4n) is 2.69. The van der Waals surface area contributed by atoms with Gasteiger partial charge < -0.3 is 14.3 Å². The Balaban J connectivity index is 1.66. The Labute approximate surface area is 159 Å². The van der Waals surface area contributed by atoms with E-state index in [1.165, 1.54) is 23.5 Å². The molecule has 0 unspecified atom stereocenters. The maximum absolute atomic E-state index is 12.1. The summed E-state index contributed by atoms with van der Waals surface area (Å²) in [5.74, 6) is -0.599. The van der Waals surface area contributed by atoms with Crippen LogP contribution >= 0.6 is 11.3 Å². The van der Waals surface area contributed by atoms with Crippen LogP contribution in [0.3, 0.4) is 0 Å². The summed E-state index contributed by atoms with van der Waals surface area (Å²) in [5, 5.41) is 10.3. The lowest BCUT2D eigenvalue weighted by atomic mass is 10.1. The van der Waals surface area contributed by atoms with Crippen LogP contribution in [0.2, 0.25) is 0 Å². The lowest BCUT2D eigenvalue weighted by molar-refractivity contribution is -0.144. The third kappa shape index (κ3) is 4.25. The van der Waals surface area contributed by atoms with Crippen LogP contribution in [0, 0.1) is 13.8 Å². The lowest BCUT2D eigenvalue weighted by Crippen LogP contribution is -2.09. The number of benzene rings is 1. The number of carbonyl (C=O) groups is 2. The smallest absolute Gasteiger partial charge is 0.336 e. The predicted octanol–water partition coefficient (Wildman–Crippen LogP) is 3.88. The third-order valence-electron chi connectivity index (χ3n) is 4.18. The fraction of sp³-hybridized carbons (Fsp3) is 0.250. The first-order valence-electron chi connectivity index (χ1n) is 8.35. The zero-order chi connectivity index (χ0) is 19.6. The highest BCUT2D eigenvalue weighted by Gasteiger charge is 2.14. The van der Waals surface area contributed by atoms with Crippen LogP contribution in [0.1, 0.15) is 38.5 Å². The van der Waals surface area contributed by atoms with Crippen LogP contribution in [-0.2, 0) is 16.1 Å². The Kier molecular flexibility index (Phi) is 5.41. The van der Waals surface area contributed by atoms with Crippen molar-refractivity contribution < 1.29 is 23.8 Å². The Morgan fingerprint density at radius 2 is 1.93 bits per heavy atom. The summed E-state index contributed by atoms with van der Waals surface area (Å²) < 4.78 is 10.4. The van der Waals surface area contributed by atoms with Crippen LogP contribution in [0.25, 0.3) is 11.0 Å². The van der Waals surface area contributed by atoms with Crippen LogP contribution in [0.4, 0.5) is 0 Å². The Hall–Kier alpha value is -2.93. The van der Waals surface area contributed by atoms with Gasteiger partial charge in [0.15, 0.2) is 5.78 Å².